The van der Waals surface area contributed by atoms with Crippen LogP contribution in [0.2, 0.25) is 0 Å². The van der Waals surface area contributed by atoms with Crippen molar-refractivity contribution >= 4 is 0 Å². The fourth-order valence-corrected chi connectivity index (χ4v) is 3.13. The molecule has 0 aliphatic heterocycles. The van der Waals surface area contributed by atoms with E-state index in [9.17, 15) is 5.11 Å². The molecule has 1 aliphatic rings. The summed E-state index contributed by atoms with van der Waals surface area (Å²) in [6.45, 7) is 3.81. The molecule has 0 heterocycles. The van der Waals surface area contributed by atoms with Gasteiger partial charge in [-0.2, -0.15) is 0 Å². The van der Waals surface area contributed by atoms with E-state index in [1.165, 1.54) is 36.8 Å². The molecule has 1 N–H and O–H groups in total. The molecule has 0 saturated heterocycles. The van der Waals surface area contributed by atoms with Crippen molar-refractivity contribution in [2.75, 3.05) is 13.6 Å². The molecule has 1 aliphatic carbocycles. The minimum absolute atomic E-state index is 0.168. The first-order valence-electron chi connectivity index (χ1n) is 7.55. The highest BCUT2D eigenvalue weighted by atomic mass is 16.3. The largest absolute Gasteiger partial charge is 0.392 e. The quantitative estimate of drug-likeness (QED) is 0.848. The van der Waals surface area contributed by atoms with Crippen LogP contribution in [0, 0.1) is 12.8 Å². The van der Waals surface area contributed by atoms with Crippen LogP contribution >= 0.6 is 0 Å². The Morgan fingerprint density at radius 3 is 2.47 bits per heavy atom. The van der Waals surface area contributed by atoms with E-state index >= 15 is 0 Å². The summed E-state index contributed by atoms with van der Waals surface area (Å²) in [4.78, 5) is 2.23. The van der Waals surface area contributed by atoms with Crippen molar-refractivity contribution in [3.05, 3.63) is 35.4 Å². The average molecular weight is 261 g/mol. The van der Waals surface area contributed by atoms with Crippen LogP contribution in [-0.4, -0.2) is 29.7 Å². The Balaban J connectivity index is 1.73. The Hall–Kier alpha value is -0.860. The zero-order chi connectivity index (χ0) is 13.7. The zero-order valence-electron chi connectivity index (χ0n) is 12.3. The van der Waals surface area contributed by atoms with E-state index in [0.717, 1.165) is 25.4 Å². The maximum Gasteiger partial charge on any atom is 0.0669 e. The third-order valence-corrected chi connectivity index (χ3v) is 4.18. The Labute approximate surface area is 117 Å². The molecule has 0 spiro atoms. The number of benzene rings is 1. The lowest BCUT2D eigenvalue weighted by Crippen LogP contribution is -2.30. The van der Waals surface area contributed by atoms with Crippen LogP contribution in [0.15, 0.2) is 24.3 Å². The van der Waals surface area contributed by atoms with Gasteiger partial charge in [0.05, 0.1) is 6.10 Å². The second-order valence-corrected chi connectivity index (χ2v) is 6.22. The molecule has 0 amide bonds. The third kappa shape index (κ3) is 4.96. The van der Waals surface area contributed by atoms with E-state index in [0.29, 0.717) is 0 Å². The van der Waals surface area contributed by atoms with Crippen LogP contribution in [-0.2, 0) is 6.54 Å². The predicted molar refractivity (Wildman–Crippen MR) is 80.1 cm³/mol. The Morgan fingerprint density at radius 1 is 1.21 bits per heavy atom. The summed E-state index contributed by atoms with van der Waals surface area (Å²) in [6, 6.07) is 8.65. The van der Waals surface area contributed by atoms with Crippen LogP contribution in [0.5, 0.6) is 0 Å². The van der Waals surface area contributed by atoms with E-state index in [2.05, 4.69) is 43.1 Å². The molecule has 1 aromatic carbocycles. The molecular formula is C17H27NO. The first-order chi connectivity index (χ1) is 9.13. The first-order valence-corrected chi connectivity index (χ1v) is 7.55. The molecule has 1 atom stereocenters. The summed E-state index contributed by atoms with van der Waals surface area (Å²) in [7, 11) is 2.09. The van der Waals surface area contributed by atoms with E-state index in [-0.39, 0.29) is 6.10 Å². The van der Waals surface area contributed by atoms with Crippen molar-refractivity contribution in [1.29, 1.82) is 0 Å². The maximum absolute atomic E-state index is 10.2. The predicted octanol–water partition coefficient (Wildman–Crippen LogP) is 3.37. The topological polar surface area (TPSA) is 23.5 Å². The Morgan fingerprint density at radius 2 is 1.84 bits per heavy atom. The minimum atomic E-state index is -0.168. The van der Waals surface area contributed by atoms with Gasteiger partial charge in [-0.1, -0.05) is 55.5 Å². The molecule has 1 unspecified atom stereocenters. The number of rotatable bonds is 6. The number of aliphatic hydroxyl groups is 1. The summed E-state index contributed by atoms with van der Waals surface area (Å²) >= 11 is 0. The molecule has 19 heavy (non-hydrogen) atoms. The van der Waals surface area contributed by atoms with Gasteiger partial charge < -0.3 is 5.11 Å². The lowest BCUT2D eigenvalue weighted by Gasteiger charge is -2.22. The molecular weight excluding hydrogens is 234 g/mol. The normalized spacial score (nSPS) is 18.1. The highest BCUT2D eigenvalue weighted by Gasteiger charge is 2.19. The summed E-state index contributed by atoms with van der Waals surface area (Å²) < 4.78 is 0. The fourth-order valence-electron chi connectivity index (χ4n) is 3.13. The van der Waals surface area contributed by atoms with Gasteiger partial charge in [-0.25, -0.2) is 0 Å². The van der Waals surface area contributed by atoms with E-state index < -0.39 is 0 Å². The molecule has 1 fully saturated rings. The number of nitrogens with zero attached hydrogens (tertiary/aromatic N) is 1. The number of hydrogen-bond acceptors (Lipinski definition) is 2. The Kier molecular flexibility index (Phi) is 5.41. The average Bonchev–Trinajstić information content (AvgIpc) is 2.84. The third-order valence-electron chi connectivity index (χ3n) is 4.18. The Bertz CT molecular complexity index is 367. The van der Waals surface area contributed by atoms with Crippen molar-refractivity contribution in [3.8, 4) is 0 Å². The molecule has 1 saturated carbocycles. The summed E-state index contributed by atoms with van der Waals surface area (Å²) in [5, 5.41) is 10.2. The lowest BCUT2D eigenvalue weighted by atomic mass is 10.00. The SMILES string of the molecule is Cc1ccc(CN(C)CC(O)CC2CCCC2)cc1. The van der Waals surface area contributed by atoms with Crippen molar-refractivity contribution < 1.29 is 5.11 Å². The summed E-state index contributed by atoms with van der Waals surface area (Å²) in [6.07, 6.45) is 6.17. The minimum Gasteiger partial charge on any atom is -0.392 e. The summed E-state index contributed by atoms with van der Waals surface area (Å²) in [5.41, 5.74) is 2.62. The van der Waals surface area contributed by atoms with Gasteiger partial charge in [0.25, 0.3) is 0 Å². The molecule has 2 rings (SSSR count). The lowest BCUT2D eigenvalue weighted by molar-refractivity contribution is 0.0994. The van der Waals surface area contributed by atoms with Crippen LogP contribution in [0.3, 0.4) is 0 Å². The van der Waals surface area contributed by atoms with Crippen molar-refractivity contribution in [3.63, 3.8) is 0 Å². The zero-order valence-corrected chi connectivity index (χ0v) is 12.3. The van der Waals surface area contributed by atoms with Crippen molar-refractivity contribution in [2.24, 2.45) is 5.92 Å². The van der Waals surface area contributed by atoms with Crippen LogP contribution in [0.4, 0.5) is 0 Å². The van der Waals surface area contributed by atoms with Gasteiger partial charge in [0, 0.05) is 13.1 Å². The van der Waals surface area contributed by atoms with Gasteiger partial charge >= 0.3 is 0 Å². The number of aliphatic hydroxyl groups excluding tert-OH is 1. The van der Waals surface area contributed by atoms with Crippen molar-refractivity contribution in [2.45, 2.75) is 51.7 Å². The van der Waals surface area contributed by atoms with Gasteiger partial charge in [0.15, 0.2) is 0 Å². The van der Waals surface area contributed by atoms with Gasteiger partial charge in [0.1, 0.15) is 0 Å². The first kappa shape index (κ1) is 14.5. The molecule has 2 nitrogen and oxygen atoms in total. The van der Waals surface area contributed by atoms with Crippen LogP contribution < -0.4 is 0 Å². The smallest absolute Gasteiger partial charge is 0.0669 e. The monoisotopic (exact) mass is 261 g/mol. The van der Waals surface area contributed by atoms with Gasteiger partial charge in [-0.05, 0) is 31.9 Å². The highest BCUT2D eigenvalue weighted by Crippen LogP contribution is 2.28. The fraction of sp³-hybridized carbons (Fsp3) is 0.647. The second kappa shape index (κ2) is 7.06. The second-order valence-electron chi connectivity index (χ2n) is 6.22. The molecule has 1 aromatic rings. The number of aryl methyl sites for hydroxylation is 1. The van der Waals surface area contributed by atoms with E-state index in [1.54, 1.807) is 0 Å². The van der Waals surface area contributed by atoms with E-state index in [4.69, 9.17) is 0 Å². The molecule has 0 bridgehead atoms. The van der Waals surface area contributed by atoms with Crippen LogP contribution in [0.25, 0.3) is 0 Å². The number of hydrogen-bond donors (Lipinski definition) is 1. The van der Waals surface area contributed by atoms with Gasteiger partial charge in [-0.15, -0.1) is 0 Å². The maximum atomic E-state index is 10.2. The van der Waals surface area contributed by atoms with Gasteiger partial charge in [0.2, 0.25) is 0 Å². The standard InChI is InChI=1S/C17H27NO/c1-14-7-9-16(10-8-14)12-18(2)13-17(19)11-15-5-3-4-6-15/h7-10,15,17,19H,3-6,11-13H2,1-2H3. The highest BCUT2D eigenvalue weighted by molar-refractivity contribution is 5.21. The number of likely N-dealkylation sites (N-methyl/N-ethyl adjacent to an activating group) is 1. The van der Waals surface area contributed by atoms with Crippen LogP contribution in [0.1, 0.15) is 43.2 Å². The molecule has 0 radical (unpaired) electrons. The molecule has 0 aromatic heterocycles. The van der Waals surface area contributed by atoms with Crippen molar-refractivity contribution in [1.82, 2.24) is 4.90 Å². The van der Waals surface area contributed by atoms with E-state index in [1.807, 2.05) is 0 Å². The summed E-state index contributed by atoms with van der Waals surface area (Å²) in [5.74, 6) is 0.766. The van der Waals surface area contributed by atoms with Gasteiger partial charge in [-0.3, -0.25) is 4.90 Å². The molecule has 106 valence electrons. The molecule has 2 heteroatoms.